The average molecular weight is 563 g/mol. The smallest absolute Gasteiger partial charge is 0.276 e. The first-order valence-electron chi connectivity index (χ1n) is 13.8. The van der Waals surface area contributed by atoms with Crippen LogP contribution in [-0.4, -0.2) is 69.4 Å². The van der Waals surface area contributed by atoms with Crippen molar-refractivity contribution in [3.05, 3.63) is 76.0 Å². The van der Waals surface area contributed by atoms with Crippen molar-refractivity contribution in [1.82, 2.24) is 24.2 Å². The van der Waals surface area contributed by atoms with Gasteiger partial charge in [-0.3, -0.25) is 9.59 Å². The topological polar surface area (TPSA) is 114 Å². The molecule has 0 aliphatic carbocycles. The number of nitrogens with one attached hydrogen (secondary N) is 1. The Hall–Kier alpha value is -4.16. The predicted octanol–water partition coefficient (Wildman–Crippen LogP) is 3.23. The number of aromatic nitrogens is 4. The molecule has 12 heteroatoms. The fourth-order valence-electron chi connectivity index (χ4n) is 5.96. The van der Waals surface area contributed by atoms with E-state index in [2.05, 4.69) is 31.8 Å². The first-order valence-corrected chi connectivity index (χ1v) is 13.8. The van der Waals surface area contributed by atoms with Gasteiger partial charge < -0.3 is 25.4 Å². The number of imidazole rings is 1. The highest BCUT2D eigenvalue weighted by molar-refractivity contribution is 6.08. The van der Waals surface area contributed by atoms with Crippen molar-refractivity contribution < 1.29 is 13.6 Å². The quantitative estimate of drug-likeness (QED) is 0.384. The van der Waals surface area contributed by atoms with Crippen LogP contribution in [0.2, 0.25) is 0 Å². The highest BCUT2D eigenvalue weighted by Crippen LogP contribution is 2.39. The van der Waals surface area contributed by atoms with Crippen LogP contribution in [0, 0.1) is 18.6 Å². The van der Waals surface area contributed by atoms with Gasteiger partial charge in [0.25, 0.3) is 11.5 Å². The number of carbonyl (C=O) groups excluding carboxylic acids is 1. The van der Waals surface area contributed by atoms with E-state index in [0.717, 1.165) is 73.1 Å². The van der Waals surface area contributed by atoms with E-state index in [-0.39, 0.29) is 11.7 Å². The van der Waals surface area contributed by atoms with Crippen molar-refractivity contribution in [3.8, 4) is 5.69 Å². The highest BCUT2D eigenvalue weighted by atomic mass is 19.1. The summed E-state index contributed by atoms with van der Waals surface area (Å²) in [6.45, 7) is 5.34. The van der Waals surface area contributed by atoms with Gasteiger partial charge in [-0.05, 0) is 76.7 Å². The van der Waals surface area contributed by atoms with Crippen LogP contribution in [0.4, 0.5) is 20.2 Å². The van der Waals surface area contributed by atoms with Gasteiger partial charge in [0.2, 0.25) is 0 Å². The molecule has 0 spiro atoms. The fourth-order valence-corrected chi connectivity index (χ4v) is 5.96. The number of anilines is 2. The van der Waals surface area contributed by atoms with Crippen LogP contribution < -0.4 is 21.5 Å². The van der Waals surface area contributed by atoms with Crippen molar-refractivity contribution in [1.29, 1.82) is 0 Å². The average Bonchev–Trinajstić information content (AvgIpc) is 3.52. The monoisotopic (exact) mass is 562 g/mol. The van der Waals surface area contributed by atoms with Crippen LogP contribution in [0.3, 0.4) is 0 Å². The fraction of sp³-hybridized carbons (Fsp3) is 0.379. The van der Waals surface area contributed by atoms with E-state index in [0.29, 0.717) is 29.5 Å². The summed E-state index contributed by atoms with van der Waals surface area (Å²) in [7, 11) is 2.13. The van der Waals surface area contributed by atoms with Crippen molar-refractivity contribution in [3.63, 3.8) is 0 Å². The minimum atomic E-state index is -0.967. The summed E-state index contributed by atoms with van der Waals surface area (Å²) < 4.78 is 31.7. The molecule has 0 bridgehead atoms. The second-order valence-electron chi connectivity index (χ2n) is 10.9. The van der Waals surface area contributed by atoms with E-state index in [1.807, 2.05) is 19.1 Å². The van der Waals surface area contributed by atoms with Gasteiger partial charge >= 0.3 is 0 Å². The van der Waals surface area contributed by atoms with E-state index >= 15 is 0 Å². The van der Waals surface area contributed by atoms with Gasteiger partial charge in [-0.15, -0.1) is 0 Å². The lowest BCUT2D eigenvalue weighted by Crippen LogP contribution is -2.31. The molecule has 1 amide bonds. The predicted molar refractivity (Wildman–Crippen MR) is 153 cm³/mol. The number of halogens is 2. The van der Waals surface area contributed by atoms with Gasteiger partial charge in [0.05, 0.1) is 16.9 Å². The van der Waals surface area contributed by atoms with Crippen molar-refractivity contribution >= 4 is 28.3 Å². The second-order valence-corrected chi connectivity index (χ2v) is 10.9. The Bertz CT molecular complexity index is 1670. The zero-order chi connectivity index (χ0) is 28.8. The summed E-state index contributed by atoms with van der Waals surface area (Å²) in [5.41, 5.74) is 7.73. The number of aryl methyl sites for hydroxylation is 1. The molecule has 2 fully saturated rings. The van der Waals surface area contributed by atoms with Gasteiger partial charge in [-0.2, -0.15) is 9.78 Å². The van der Waals surface area contributed by atoms with Gasteiger partial charge in [0, 0.05) is 31.2 Å². The molecule has 214 valence electrons. The summed E-state index contributed by atoms with van der Waals surface area (Å²) in [4.78, 5) is 35.3. The summed E-state index contributed by atoms with van der Waals surface area (Å²) in [6, 6.07) is 9.65. The first kappa shape index (κ1) is 27.0. The molecule has 0 saturated carbocycles. The second kappa shape index (κ2) is 10.7. The van der Waals surface area contributed by atoms with Crippen molar-refractivity contribution in [2.45, 2.75) is 38.3 Å². The summed E-state index contributed by atoms with van der Waals surface area (Å²) in [5, 5.41) is 6.91. The number of hydrogen-bond acceptors (Lipinski definition) is 7. The van der Waals surface area contributed by atoms with Crippen LogP contribution in [0.25, 0.3) is 16.7 Å². The lowest BCUT2D eigenvalue weighted by Gasteiger charge is -2.31. The number of fused-ring (bicyclic) bond motifs is 1. The third-order valence-electron chi connectivity index (χ3n) is 8.04. The maximum absolute atomic E-state index is 14.4. The molecule has 4 heterocycles. The van der Waals surface area contributed by atoms with Crippen LogP contribution in [0.1, 0.15) is 41.6 Å². The van der Waals surface area contributed by atoms with E-state index in [1.54, 1.807) is 0 Å². The number of hydrogen-bond donors (Lipinski definition) is 2. The molecule has 10 nitrogen and oxygen atoms in total. The molecule has 4 aromatic rings. The van der Waals surface area contributed by atoms with E-state index in [4.69, 9.17) is 10.7 Å². The molecule has 0 radical (unpaired) electrons. The SMILES string of the molecule is Cc1nc2c(N3CCC(N)C3)c(NC(=O)c3ccc(=O)n(-c4c(F)cccc4F)n3)ccc2n1C1CCN(C)CC1. The largest absolute Gasteiger partial charge is 0.366 e. The lowest BCUT2D eigenvalue weighted by atomic mass is 10.0. The summed E-state index contributed by atoms with van der Waals surface area (Å²) in [6.07, 6.45) is 2.85. The molecule has 1 unspecified atom stereocenters. The Labute approximate surface area is 235 Å². The maximum atomic E-state index is 14.4. The number of likely N-dealkylation sites (tertiary alicyclic amines) is 1. The van der Waals surface area contributed by atoms with E-state index in [9.17, 15) is 18.4 Å². The summed E-state index contributed by atoms with van der Waals surface area (Å²) in [5.74, 6) is -1.66. The zero-order valence-electron chi connectivity index (χ0n) is 23.0. The standard InChI is InChI=1S/C29H32F2N8O2/c1-17-33-26-24(38(17)19-11-13-36(2)14-12-19)8-6-22(28(26)37-15-10-18(32)16-37)34-29(41)23-7-9-25(40)39(35-23)27-20(30)4-3-5-21(27)31/h3-9,18-19H,10-16,32H2,1-2H3,(H,34,41). The number of nitrogens with zero attached hydrogens (tertiary/aromatic N) is 6. The van der Waals surface area contributed by atoms with Crippen LogP contribution in [0.15, 0.2) is 47.3 Å². The Morgan fingerprint density at radius 1 is 1.00 bits per heavy atom. The zero-order valence-corrected chi connectivity index (χ0v) is 23.0. The molecule has 2 aliphatic rings. The van der Waals surface area contributed by atoms with Gasteiger partial charge in [0.15, 0.2) is 11.6 Å². The molecule has 2 aromatic heterocycles. The number of piperidine rings is 1. The molecule has 6 rings (SSSR count). The third-order valence-corrected chi connectivity index (χ3v) is 8.04. The number of amides is 1. The lowest BCUT2D eigenvalue weighted by molar-refractivity contribution is 0.102. The van der Waals surface area contributed by atoms with Crippen molar-refractivity contribution in [2.24, 2.45) is 5.73 Å². The highest BCUT2D eigenvalue weighted by Gasteiger charge is 2.29. The van der Waals surface area contributed by atoms with E-state index in [1.165, 1.54) is 12.1 Å². The maximum Gasteiger partial charge on any atom is 0.276 e. The molecule has 3 N–H and O–H groups in total. The van der Waals surface area contributed by atoms with Crippen molar-refractivity contribution in [2.75, 3.05) is 43.4 Å². The number of nitrogens with two attached hydrogens (primary N) is 1. The number of carbonyl (C=O) groups is 1. The van der Waals surface area contributed by atoms with Gasteiger partial charge in [0.1, 0.15) is 22.7 Å². The Kier molecular flexibility index (Phi) is 7.04. The molecule has 2 aliphatic heterocycles. The molecular formula is C29H32F2N8O2. The Morgan fingerprint density at radius 3 is 2.41 bits per heavy atom. The van der Waals surface area contributed by atoms with E-state index < -0.39 is 28.8 Å². The molecule has 2 aromatic carbocycles. The Balaban J connectivity index is 1.40. The van der Waals surface area contributed by atoms with Gasteiger partial charge in [-0.25, -0.2) is 13.8 Å². The minimum Gasteiger partial charge on any atom is -0.366 e. The first-order chi connectivity index (χ1) is 19.7. The summed E-state index contributed by atoms with van der Waals surface area (Å²) >= 11 is 0. The minimum absolute atomic E-state index is 0.00763. The Morgan fingerprint density at radius 2 is 1.73 bits per heavy atom. The third kappa shape index (κ3) is 4.97. The van der Waals surface area contributed by atoms with Crippen LogP contribution in [0.5, 0.6) is 0 Å². The molecule has 1 atom stereocenters. The number of para-hydroxylation sites is 1. The van der Waals surface area contributed by atoms with Crippen LogP contribution >= 0.6 is 0 Å². The molecule has 2 saturated heterocycles. The molecule has 41 heavy (non-hydrogen) atoms. The normalized spacial score (nSPS) is 18.4. The molecular weight excluding hydrogens is 530 g/mol. The number of rotatable bonds is 5. The van der Waals surface area contributed by atoms with Crippen LogP contribution in [-0.2, 0) is 0 Å². The van der Waals surface area contributed by atoms with Gasteiger partial charge in [-0.1, -0.05) is 6.07 Å². The number of benzene rings is 2.